The molecule has 0 unspecified atom stereocenters. The van der Waals surface area contributed by atoms with Crippen LogP contribution in [0.4, 0.5) is 10.1 Å². The molecule has 5 heteroatoms. The van der Waals surface area contributed by atoms with Crippen molar-refractivity contribution in [2.24, 2.45) is 0 Å². The minimum atomic E-state index is -0.318. The lowest BCUT2D eigenvalue weighted by Crippen LogP contribution is -2.19. The zero-order valence-corrected chi connectivity index (χ0v) is 8.83. The summed E-state index contributed by atoms with van der Waals surface area (Å²) >= 11 is 0. The van der Waals surface area contributed by atoms with E-state index < -0.39 is 0 Å². The maximum absolute atomic E-state index is 12.9. The Kier molecular flexibility index (Phi) is 2.52. The van der Waals surface area contributed by atoms with Crippen LogP contribution in [0.2, 0.25) is 0 Å². The molecule has 0 aliphatic rings. The van der Waals surface area contributed by atoms with E-state index in [9.17, 15) is 9.18 Å². The van der Waals surface area contributed by atoms with Crippen molar-refractivity contribution in [3.8, 4) is 0 Å². The van der Waals surface area contributed by atoms with E-state index in [1.54, 1.807) is 19.1 Å². The van der Waals surface area contributed by atoms with Gasteiger partial charge in [-0.2, -0.15) is 0 Å². The van der Waals surface area contributed by atoms with Gasteiger partial charge in [0.05, 0.1) is 12.2 Å². The van der Waals surface area contributed by atoms with E-state index in [2.05, 4.69) is 5.10 Å². The van der Waals surface area contributed by atoms with E-state index in [0.29, 0.717) is 11.3 Å². The average Bonchev–Trinajstić information content (AvgIpc) is 2.47. The minimum absolute atomic E-state index is 0.205. The molecule has 0 aliphatic heterocycles. The number of halogens is 1. The molecular formula is C11H12FN3O. The number of anilines is 1. The summed E-state index contributed by atoms with van der Waals surface area (Å²) < 4.78 is 14.3. The van der Waals surface area contributed by atoms with E-state index >= 15 is 0 Å². The second kappa shape index (κ2) is 3.84. The number of aromatic amines is 1. The highest BCUT2D eigenvalue weighted by atomic mass is 19.1. The Balaban J connectivity index is 2.34. The molecule has 2 aromatic rings. The molecule has 0 atom stereocenters. The predicted molar refractivity (Wildman–Crippen MR) is 59.7 cm³/mol. The summed E-state index contributed by atoms with van der Waals surface area (Å²) in [6.45, 7) is 2.01. The molecule has 0 fully saturated rings. The molecule has 4 nitrogen and oxygen atoms in total. The summed E-state index contributed by atoms with van der Waals surface area (Å²) in [7, 11) is 0. The molecule has 0 saturated carbocycles. The van der Waals surface area contributed by atoms with Crippen LogP contribution in [0.3, 0.4) is 0 Å². The molecule has 0 amide bonds. The highest BCUT2D eigenvalue weighted by Gasteiger charge is 2.07. The molecule has 84 valence electrons. The molecule has 1 aromatic carbocycles. The summed E-state index contributed by atoms with van der Waals surface area (Å²) in [5.74, 6) is -0.318. The summed E-state index contributed by atoms with van der Waals surface area (Å²) in [5, 5.41) is 2.84. The first-order valence-corrected chi connectivity index (χ1v) is 4.87. The Bertz CT molecular complexity index is 571. The number of benzene rings is 1. The zero-order valence-electron chi connectivity index (χ0n) is 8.83. The fraction of sp³-hybridized carbons (Fsp3) is 0.182. The van der Waals surface area contributed by atoms with E-state index in [0.717, 1.165) is 0 Å². The third kappa shape index (κ3) is 1.84. The summed E-state index contributed by atoms with van der Waals surface area (Å²) in [4.78, 5) is 11.6. The van der Waals surface area contributed by atoms with Gasteiger partial charge in [0.25, 0.3) is 5.56 Å². The topological polar surface area (TPSA) is 63.8 Å². The number of H-pyrrole nitrogens is 1. The number of aryl methyl sites for hydroxylation is 1. The number of hydrogen-bond donors (Lipinski definition) is 2. The van der Waals surface area contributed by atoms with Crippen LogP contribution in [0.15, 0.2) is 29.1 Å². The number of nitrogens with one attached hydrogen (secondary N) is 1. The molecule has 16 heavy (non-hydrogen) atoms. The third-order valence-corrected chi connectivity index (χ3v) is 2.41. The normalized spacial score (nSPS) is 10.6. The molecular weight excluding hydrogens is 209 g/mol. The largest absolute Gasteiger partial charge is 0.393 e. The van der Waals surface area contributed by atoms with Crippen LogP contribution in [0, 0.1) is 12.7 Å². The Morgan fingerprint density at radius 1 is 1.50 bits per heavy atom. The highest BCUT2D eigenvalue weighted by Crippen LogP contribution is 2.06. The fourth-order valence-corrected chi connectivity index (χ4v) is 1.55. The lowest BCUT2D eigenvalue weighted by molar-refractivity contribution is 0.615. The minimum Gasteiger partial charge on any atom is -0.393 e. The van der Waals surface area contributed by atoms with Gasteiger partial charge in [0.2, 0.25) is 0 Å². The van der Waals surface area contributed by atoms with Crippen LogP contribution >= 0.6 is 0 Å². The van der Waals surface area contributed by atoms with Gasteiger partial charge < -0.3 is 5.73 Å². The van der Waals surface area contributed by atoms with Gasteiger partial charge in [-0.15, -0.1) is 0 Å². The smallest absolute Gasteiger partial charge is 0.290 e. The molecule has 0 spiro atoms. The van der Waals surface area contributed by atoms with E-state index in [-0.39, 0.29) is 23.6 Å². The maximum atomic E-state index is 12.9. The average molecular weight is 221 g/mol. The molecule has 1 aromatic heterocycles. The summed E-state index contributed by atoms with van der Waals surface area (Å²) in [5.41, 5.74) is 6.81. The van der Waals surface area contributed by atoms with Gasteiger partial charge in [-0.05, 0) is 24.6 Å². The first-order chi connectivity index (χ1) is 7.58. The van der Waals surface area contributed by atoms with Gasteiger partial charge in [0.1, 0.15) is 11.5 Å². The fourth-order valence-electron chi connectivity index (χ4n) is 1.55. The lowest BCUT2D eigenvalue weighted by Gasteiger charge is -2.01. The number of nitrogens with two attached hydrogens (primary N) is 1. The number of nitrogens with zero attached hydrogens (tertiary/aromatic N) is 1. The number of nitrogen functional groups attached to an aromatic ring is 1. The Labute approximate surface area is 91.5 Å². The van der Waals surface area contributed by atoms with Gasteiger partial charge in [-0.25, -0.2) is 9.07 Å². The highest BCUT2D eigenvalue weighted by molar-refractivity contribution is 5.39. The SMILES string of the molecule is Cc1[nH]n(Cc2cccc(F)c2)c(=O)c1N. The molecule has 3 N–H and O–H groups in total. The van der Waals surface area contributed by atoms with Crippen molar-refractivity contribution < 1.29 is 4.39 Å². The van der Waals surface area contributed by atoms with Gasteiger partial charge >= 0.3 is 0 Å². The van der Waals surface area contributed by atoms with Gasteiger partial charge in [-0.3, -0.25) is 9.89 Å². The first-order valence-electron chi connectivity index (χ1n) is 4.87. The summed E-state index contributed by atoms with van der Waals surface area (Å²) in [6, 6.07) is 6.11. The van der Waals surface area contributed by atoms with E-state index in [1.807, 2.05) is 0 Å². The molecule has 0 aliphatic carbocycles. The van der Waals surface area contributed by atoms with Crippen LogP contribution in [-0.2, 0) is 6.54 Å². The van der Waals surface area contributed by atoms with Crippen molar-refractivity contribution in [2.75, 3.05) is 5.73 Å². The summed E-state index contributed by atoms with van der Waals surface area (Å²) in [6.07, 6.45) is 0. The zero-order chi connectivity index (χ0) is 11.7. The quantitative estimate of drug-likeness (QED) is 0.801. The standard InChI is InChI=1S/C11H12FN3O/c1-7-10(13)11(16)15(14-7)6-8-3-2-4-9(12)5-8/h2-5,14H,6,13H2,1H3. The molecule has 0 bridgehead atoms. The maximum Gasteiger partial charge on any atom is 0.290 e. The van der Waals surface area contributed by atoms with Crippen LogP contribution < -0.4 is 11.3 Å². The predicted octanol–water partition coefficient (Wildman–Crippen LogP) is 1.25. The monoisotopic (exact) mass is 221 g/mol. The van der Waals surface area contributed by atoms with Crippen molar-refractivity contribution in [3.05, 3.63) is 51.7 Å². The van der Waals surface area contributed by atoms with Crippen molar-refractivity contribution in [1.82, 2.24) is 9.78 Å². The molecule has 0 saturated heterocycles. The van der Waals surface area contributed by atoms with Crippen LogP contribution in [0.5, 0.6) is 0 Å². The van der Waals surface area contributed by atoms with E-state index in [4.69, 9.17) is 5.73 Å². The lowest BCUT2D eigenvalue weighted by atomic mass is 10.2. The van der Waals surface area contributed by atoms with Crippen molar-refractivity contribution in [3.63, 3.8) is 0 Å². The second-order valence-corrected chi connectivity index (χ2v) is 3.67. The second-order valence-electron chi connectivity index (χ2n) is 3.67. The Morgan fingerprint density at radius 2 is 2.25 bits per heavy atom. The van der Waals surface area contributed by atoms with Crippen LogP contribution in [0.1, 0.15) is 11.3 Å². The third-order valence-electron chi connectivity index (χ3n) is 2.41. The van der Waals surface area contributed by atoms with Gasteiger partial charge in [0, 0.05) is 0 Å². The van der Waals surface area contributed by atoms with Crippen LogP contribution in [0.25, 0.3) is 0 Å². The molecule has 1 heterocycles. The van der Waals surface area contributed by atoms with Gasteiger partial charge in [-0.1, -0.05) is 12.1 Å². The number of aromatic nitrogens is 2. The van der Waals surface area contributed by atoms with Crippen molar-refractivity contribution in [1.29, 1.82) is 0 Å². The van der Waals surface area contributed by atoms with Gasteiger partial charge in [0.15, 0.2) is 0 Å². The molecule has 2 rings (SSSR count). The Hall–Kier alpha value is -2.04. The first kappa shape index (κ1) is 10.5. The Morgan fingerprint density at radius 3 is 2.81 bits per heavy atom. The van der Waals surface area contributed by atoms with Crippen LogP contribution in [-0.4, -0.2) is 9.78 Å². The van der Waals surface area contributed by atoms with Crippen molar-refractivity contribution >= 4 is 5.69 Å². The van der Waals surface area contributed by atoms with Crippen molar-refractivity contribution in [2.45, 2.75) is 13.5 Å². The molecule has 0 radical (unpaired) electrons. The van der Waals surface area contributed by atoms with E-state index in [1.165, 1.54) is 16.8 Å². The number of rotatable bonds is 2. The number of hydrogen-bond acceptors (Lipinski definition) is 2.